The van der Waals surface area contributed by atoms with Crippen LogP contribution < -0.4 is 10.1 Å². The molecule has 0 aliphatic carbocycles. The number of aliphatic hydroxyl groups is 2. The molecule has 1 unspecified atom stereocenters. The van der Waals surface area contributed by atoms with Gasteiger partial charge in [-0.1, -0.05) is 11.6 Å². The maximum absolute atomic E-state index is 11.9. The molecule has 0 spiro atoms. The summed E-state index contributed by atoms with van der Waals surface area (Å²) in [6.45, 7) is -0.451. The summed E-state index contributed by atoms with van der Waals surface area (Å²) in [7, 11) is 1.46. The average Bonchev–Trinajstić information content (AvgIpc) is 2.37. The summed E-state index contributed by atoms with van der Waals surface area (Å²) in [6, 6.07) is 3.16. The van der Waals surface area contributed by atoms with Gasteiger partial charge in [-0.25, -0.2) is 0 Å². The van der Waals surface area contributed by atoms with Crippen LogP contribution in [0.5, 0.6) is 5.75 Å². The van der Waals surface area contributed by atoms with E-state index in [9.17, 15) is 4.79 Å². The van der Waals surface area contributed by atoms with E-state index in [1.807, 2.05) is 22.6 Å². The molecule has 18 heavy (non-hydrogen) atoms. The predicted octanol–water partition coefficient (Wildman–Crippen LogP) is 1.04. The summed E-state index contributed by atoms with van der Waals surface area (Å²) in [5, 5.41) is 20.7. The van der Waals surface area contributed by atoms with Gasteiger partial charge < -0.3 is 20.3 Å². The summed E-state index contributed by atoms with van der Waals surface area (Å²) < 4.78 is 5.88. The van der Waals surface area contributed by atoms with Gasteiger partial charge in [0.05, 0.1) is 30.4 Å². The van der Waals surface area contributed by atoms with Gasteiger partial charge in [0.25, 0.3) is 5.91 Å². The first kappa shape index (κ1) is 15.5. The van der Waals surface area contributed by atoms with E-state index < -0.39 is 18.6 Å². The van der Waals surface area contributed by atoms with Crippen molar-refractivity contribution < 1.29 is 19.7 Å². The number of ether oxygens (including phenoxy) is 1. The van der Waals surface area contributed by atoms with Crippen molar-refractivity contribution in [1.29, 1.82) is 0 Å². The number of hydrogen-bond acceptors (Lipinski definition) is 4. The lowest BCUT2D eigenvalue weighted by Crippen LogP contribution is -2.34. The molecule has 100 valence electrons. The molecule has 1 amide bonds. The highest BCUT2D eigenvalue weighted by molar-refractivity contribution is 14.1. The van der Waals surface area contributed by atoms with Gasteiger partial charge in [0.15, 0.2) is 0 Å². The van der Waals surface area contributed by atoms with Gasteiger partial charge in [-0.05, 0) is 34.7 Å². The summed E-state index contributed by atoms with van der Waals surface area (Å²) in [5.74, 6) is -0.0163. The number of carbonyl (C=O) groups is 1. The number of aliphatic hydroxyl groups excluding tert-OH is 2. The molecule has 0 radical (unpaired) electrons. The topological polar surface area (TPSA) is 78.8 Å². The number of rotatable bonds is 5. The van der Waals surface area contributed by atoms with Crippen molar-refractivity contribution in [1.82, 2.24) is 5.32 Å². The van der Waals surface area contributed by atoms with Crippen LogP contribution in [0.1, 0.15) is 10.4 Å². The summed E-state index contributed by atoms with van der Waals surface area (Å²) >= 11 is 7.98. The standard InChI is InChI=1S/C11H13ClINO4/c1-18-10-3-9(13)8(12)2-7(10)11(17)14-4-6(16)5-15/h2-3,6,15-16H,4-5H2,1H3,(H,14,17). The highest BCUT2D eigenvalue weighted by Gasteiger charge is 2.15. The van der Waals surface area contributed by atoms with Crippen molar-refractivity contribution in [2.45, 2.75) is 6.10 Å². The molecule has 0 aromatic heterocycles. The lowest BCUT2D eigenvalue weighted by atomic mass is 10.2. The number of methoxy groups -OCH3 is 1. The molecule has 1 atom stereocenters. The van der Waals surface area contributed by atoms with Crippen LogP contribution in [0, 0.1) is 3.57 Å². The minimum absolute atomic E-state index is 0.0396. The first-order valence-electron chi connectivity index (χ1n) is 5.09. The second-order valence-corrected chi connectivity index (χ2v) is 5.08. The Labute approximate surface area is 123 Å². The highest BCUT2D eigenvalue weighted by atomic mass is 127. The van der Waals surface area contributed by atoms with Crippen LogP contribution in [-0.2, 0) is 0 Å². The molecule has 0 saturated carbocycles. The first-order chi connectivity index (χ1) is 8.49. The van der Waals surface area contributed by atoms with E-state index in [4.69, 9.17) is 26.6 Å². The Bertz CT molecular complexity index is 441. The average molecular weight is 386 g/mol. The van der Waals surface area contributed by atoms with Crippen LogP contribution >= 0.6 is 34.2 Å². The Morgan fingerprint density at radius 3 is 2.83 bits per heavy atom. The fourth-order valence-electron chi connectivity index (χ4n) is 1.25. The number of carbonyl (C=O) groups excluding carboxylic acids is 1. The van der Waals surface area contributed by atoms with E-state index in [1.165, 1.54) is 13.2 Å². The van der Waals surface area contributed by atoms with Gasteiger partial charge in [-0.15, -0.1) is 0 Å². The fourth-order valence-corrected chi connectivity index (χ4v) is 1.85. The maximum atomic E-state index is 11.9. The van der Waals surface area contributed by atoms with Gasteiger partial charge in [0.1, 0.15) is 5.75 Å². The molecule has 0 saturated heterocycles. The third-order valence-corrected chi connectivity index (χ3v) is 3.72. The van der Waals surface area contributed by atoms with Crippen LogP contribution in [0.3, 0.4) is 0 Å². The van der Waals surface area contributed by atoms with Crippen LogP contribution in [0.4, 0.5) is 0 Å². The van der Waals surface area contributed by atoms with E-state index in [-0.39, 0.29) is 12.1 Å². The molecule has 3 N–H and O–H groups in total. The zero-order valence-electron chi connectivity index (χ0n) is 9.61. The normalized spacial score (nSPS) is 12.1. The second kappa shape index (κ2) is 7.13. The van der Waals surface area contributed by atoms with Gasteiger partial charge in [-0.3, -0.25) is 4.79 Å². The maximum Gasteiger partial charge on any atom is 0.255 e. The van der Waals surface area contributed by atoms with E-state index >= 15 is 0 Å². The van der Waals surface area contributed by atoms with Crippen molar-refractivity contribution in [2.24, 2.45) is 0 Å². The molecular weight excluding hydrogens is 372 g/mol. The summed E-state index contributed by atoms with van der Waals surface area (Å²) in [4.78, 5) is 11.9. The number of benzene rings is 1. The molecule has 0 fully saturated rings. The predicted molar refractivity (Wildman–Crippen MR) is 76.1 cm³/mol. The van der Waals surface area contributed by atoms with E-state index in [1.54, 1.807) is 6.07 Å². The van der Waals surface area contributed by atoms with Gasteiger partial charge in [0.2, 0.25) is 0 Å². The molecule has 1 aromatic rings. The third kappa shape index (κ3) is 3.98. The molecule has 5 nitrogen and oxygen atoms in total. The zero-order valence-corrected chi connectivity index (χ0v) is 12.5. The molecule has 1 aromatic carbocycles. The Morgan fingerprint density at radius 1 is 1.61 bits per heavy atom. The Hall–Kier alpha value is -0.570. The molecule has 0 heterocycles. The van der Waals surface area contributed by atoms with Crippen molar-refractivity contribution in [2.75, 3.05) is 20.3 Å². The Morgan fingerprint density at radius 2 is 2.28 bits per heavy atom. The first-order valence-corrected chi connectivity index (χ1v) is 6.55. The molecular formula is C11H13ClINO4. The summed E-state index contributed by atoms with van der Waals surface area (Å²) in [5.41, 5.74) is 0.285. The highest BCUT2D eigenvalue weighted by Crippen LogP contribution is 2.28. The minimum Gasteiger partial charge on any atom is -0.496 e. The molecule has 7 heteroatoms. The van der Waals surface area contributed by atoms with Crippen LogP contribution in [-0.4, -0.2) is 42.5 Å². The molecule has 0 aliphatic heterocycles. The Balaban J connectivity index is 2.87. The monoisotopic (exact) mass is 385 g/mol. The second-order valence-electron chi connectivity index (χ2n) is 3.51. The van der Waals surface area contributed by atoms with Gasteiger partial charge in [0, 0.05) is 10.1 Å². The number of halogens is 2. The van der Waals surface area contributed by atoms with Crippen molar-refractivity contribution in [3.63, 3.8) is 0 Å². The lowest BCUT2D eigenvalue weighted by molar-refractivity contribution is 0.0800. The number of amides is 1. The number of hydrogen-bond donors (Lipinski definition) is 3. The SMILES string of the molecule is COc1cc(I)c(Cl)cc1C(=O)NCC(O)CO. The van der Waals surface area contributed by atoms with Crippen molar-refractivity contribution in [3.8, 4) is 5.75 Å². The molecule has 1 rings (SSSR count). The van der Waals surface area contributed by atoms with Crippen LogP contribution in [0.2, 0.25) is 5.02 Å². The Kier molecular flexibility index (Phi) is 6.13. The fraction of sp³-hybridized carbons (Fsp3) is 0.364. The van der Waals surface area contributed by atoms with E-state index in [0.717, 1.165) is 3.57 Å². The third-order valence-electron chi connectivity index (χ3n) is 2.20. The largest absolute Gasteiger partial charge is 0.496 e. The quantitative estimate of drug-likeness (QED) is 0.662. The number of nitrogens with one attached hydrogen (secondary N) is 1. The van der Waals surface area contributed by atoms with E-state index in [2.05, 4.69) is 5.32 Å². The summed E-state index contributed by atoms with van der Waals surface area (Å²) in [6.07, 6.45) is -0.987. The van der Waals surface area contributed by atoms with E-state index in [0.29, 0.717) is 10.8 Å². The van der Waals surface area contributed by atoms with Crippen LogP contribution in [0.15, 0.2) is 12.1 Å². The lowest BCUT2D eigenvalue weighted by Gasteiger charge is -2.12. The molecule has 0 aliphatic rings. The van der Waals surface area contributed by atoms with Gasteiger partial charge >= 0.3 is 0 Å². The minimum atomic E-state index is -0.987. The molecule has 0 bridgehead atoms. The van der Waals surface area contributed by atoms with Crippen molar-refractivity contribution in [3.05, 3.63) is 26.3 Å². The zero-order chi connectivity index (χ0) is 13.7. The van der Waals surface area contributed by atoms with Crippen molar-refractivity contribution >= 4 is 40.1 Å². The smallest absolute Gasteiger partial charge is 0.255 e. The van der Waals surface area contributed by atoms with Gasteiger partial charge in [-0.2, -0.15) is 0 Å². The van der Waals surface area contributed by atoms with Crippen LogP contribution in [0.25, 0.3) is 0 Å².